The molecule has 0 fully saturated rings. The van der Waals surface area contributed by atoms with E-state index in [1.807, 2.05) is 0 Å². The van der Waals surface area contributed by atoms with Crippen molar-refractivity contribution in [2.45, 2.75) is 71.6 Å². The lowest BCUT2D eigenvalue weighted by molar-refractivity contribution is 0.0553. The van der Waals surface area contributed by atoms with Crippen LogP contribution in [0.25, 0.3) is 22.3 Å². The summed E-state index contributed by atoms with van der Waals surface area (Å²) in [7, 11) is 0. The van der Waals surface area contributed by atoms with Gasteiger partial charge in [0.2, 0.25) is 0 Å². The predicted molar refractivity (Wildman–Crippen MR) is 216 cm³/mol. The smallest absolute Gasteiger partial charge is 0.124 e. The van der Waals surface area contributed by atoms with Gasteiger partial charge in [0.25, 0.3) is 0 Å². The molecule has 6 aromatic rings. The lowest BCUT2D eigenvalue weighted by atomic mass is 9.73. The van der Waals surface area contributed by atoms with Crippen molar-refractivity contribution in [1.82, 2.24) is 4.90 Å². The van der Waals surface area contributed by atoms with Gasteiger partial charge in [0, 0.05) is 52.7 Å². The molecule has 0 atom stereocenters. The standard InChI is InChI=1S/C49H49NO3/c1-31(2)53-24-23-50(29-34-25-32(3)27-44(46(34)51)48(5)40-19-11-7-15-36(40)37-16-8-12-20-41(37)48)30-35-26-33(4)28-45(47(35)52)49(6)42-21-13-9-17-38(42)39-18-10-14-22-43(39)49/h7-22,25-28,31,51-52H,23-24,29-30H2,1-6H3. The SMILES string of the molecule is Cc1cc(CN(CCOC(C)C)Cc2cc(C)cc(C3(C)c4ccccc4-c4ccccc43)c2O)c(O)c(C2(C)c3ccccc3-c3ccccc32)c1. The Bertz CT molecular complexity index is 2100. The normalized spacial score (nSPS) is 14.6. The fraction of sp³-hybridized carbons (Fsp3) is 0.265. The molecule has 0 spiro atoms. The van der Waals surface area contributed by atoms with Crippen molar-refractivity contribution in [2.24, 2.45) is 0 Å². The molecular weight excluding hydrogens is 651 g/mol. The van der Waals surface area contributed by atoms with Crippen LogP contribution in [0.3, 0.4) is 0 Å². The Morgan fingerprint density at radius 3 is 1.21 bits per heavy atom. The molecule has 6 aromatic carbocycles. The number of ether oxygens (including phenoxy) is 1. The monoisotopic (exact) mass is 699 g/mol. The van der Waals surface area contributed by atoms with Gasteiger partial charge in [0.05, 0.1) is 12.7 Å². The van der Waals surface area contributed by atoms with E-state index in [4.69, 9.17) is 4.74 Å². The molecular formula is C49H49NO3. The maximum atomic E-state index is 12.3. The van der Waals surface area contributed by atoms with Crippen LogP contribution in [-0.4, -0.2) is 34.4 Å². The molecule has 0 aromatic heterocycles. The highest BCUT2D eigenvalue weighted by Gasteiger charge is 2.44. The van der Waals surface area contributed by atoms with Crippen molar-refractivity contribution < 1.29 is 14.9 Å². The van der Waals surface area contributed by atoms with Crippen molar-refractivity contribution in [1.29, 1.82) is 0 Å². The lowest BCUT2D eigenvalue weighted by Crippen LogP contribution is -2.29. The molecule has 0 aliphatic heterocycles. The van der Waals surface area contributed by atoms with Crippen LogP contribution in [0.5, 0.6) is 11.5 Å². The van der Waals surface area contributed by atoms with Crippen LogP contribution in [0.1, 0.15) is 83.3 Å². The molecule has 2 N–H and O–H groups in total. The third-order valence-electron chi connectivity index (χ3n) is 11.8. The maximum Gasteiger partial charge on any atom is 0.124 e. The zero-order valence-corrected chi connectivity index (χ0v) is 31.7. The van der Waals surface area contributed by atoms with E-state index in [0.29, 0.717) is 37.7 Å². The number of phenols is 2. The van der Waals surface area contributed by atoms with Crippen molar-refractivity contribution in [2.75, 3.05) is 13.2 Å². The van der Waals surface area contributed by atoms with Crippen LogP contribution in [-0.2, 0) is 28.7 Å². The average molecular weight is 700 g/mol. The number of hydrogen-bond acceptors (Lipinski definition) is 4. The Labute approximate surface area is 314 Å². The second-order valence-corrected chi connectivity index (χ2v) is 15.7. The topological polar surface area (TPSA) is 52.9 Å². The van der Waals surface area contributed by atoms with Crippen molar-refractivity contribution in [3.63, 3.8) is 0 Å². The molecule has 8 rings (SSSR count). The van der Waals surface area contributed by atoms with E-state index in [1.165, 1.54) is 44.5 Å². The number of aromatic hydroxyl groups is 2. The number of benzene rings is 6. The Kier molecular flexibility index (Phi) is 8.80. The van der Waals surface area contributed by atoms with E-state index in [1.54, 1.807) is 0 Å². The Morgan fingerprint density at radius 1 is 0.528 bits per heavy atom. The molecule has 4 heteroatoms. The first kappa shape index (κ1) is 34.9. The number of hydrogen-bond donors (Lipinski definition) is 2. The van der Waals surface area contributed by atoms with Crippen molar-refractivity contribution in [3.05, 3.63) is 177 Å². The summed E-state index contributed by atoms with van der Waals surface area (Å²) >= 11 is 0. The summed E-state index contributed by atoms with van der Waals surface area (Å²) in [6, 6.07) is 42.9. The van der Waals surface area contributed by atoms with Crippen LogP contribution in [0, 0.1) is 13.8 Å². The van der Waals surface area contributed by atoms with Crippen LogP contribution in [0.15, 0.2) is 121 Å². The van der Waals surface area contributed by atoms with Crippen molar-refractivity contribution >= 4 is 0 Å². The molecule has 0 bridgehead atoms. The zero-order chi connectivity index (χ0) is 37.1. The first-order chi connectivity index (χ1) is 25.5. The molecule has 0 radical (unpaired) electrons. The van der Waals surface area contributed by atoms with Gasteiger partial charge in [-0.1, -0.05) is 132 Å². The third-order valence-corrected chi connectivity index (χ3v) is 11.8. The Hall–Kier alpha value is -5.16. The fourth-order valence-corrected chi connectivity index (χ4v) is 9.31. The van der Waals surface area contributed by atoms with E-state index in [9.17, 15) is 10.2 Å². The number of aryl methyl sites for hydroxylation is 2. The second-order valence-electron chi connectivity index (χ2n) is 15.7. The highest BCUT2D eigenvalue weighted by Crippen LogP contribution is 2.56. The van der Waals surface area contributed by atoms with Gasteiger partial charge in [0.15, 0.2) is 0 Å². The molecule has 0 unspecified atom stereocenters. The summed E-state index contributed by atoms with van der Waals surface area (Å²) < 4.78 is 6.09. The molecule has 2 aliphatic rings. The van der Waals surface area contributed by atoms with Gasteiger partial charge in [-0.15, -0.1) is 0 Å². The Balaban J connectivity index is 1.20. The summed E-state index contributed by atoms with van der Waals surface area (Å²) in [5, 5.41) is 24.6. The number of rotatable bonds is 10. The van der Waals surface area contributed by atoms with Crippen LogP contribution >= 0.6 is 0 Å². The first-order valence-corrected chi connectivity index (χ1v) is 18.9. The lowest BCUT2D eigenvalue weighted by Gasteiger charge is -2.32. The number of nitrogens with zero attached hydrogens (tertiary/aromatic N) is 1. The van der Waals surface area contributed by atoms with E-state index in [2.05, 4.69) is 168 Å². The minimum absolute atomic E-state index is 0.0969. The number of fused-ring (bicyclic) bond motifs is 6. The molecule has 0 heterocycles. The van der Waals surface area contributed by atoms with Gasteiger partial charge < -0.3 is 14.9 Å². The molecule has 53 heavy (non-hydrogen) atoms. The van der Waals surface area contributed by atoms with Crippen LogP contribution < -0.4 is 0 Å². The summed E-state index contributed by atoms with van der Waals surface area (Å²) in [6.07, 6.45) is 0.0969. The highest BCUT2D eigenvalue weighted by molar-refractivity contribution is 5.85. The van der Waals surface area contributed by atoms with Gasteiger partial charge in [-0.2, -0.15) is 0 Å². The van der Waals surface area contributed by atoms with Gasteiger partial charge in [-0.05, 0) is 86.1 Å². The van der Waals surface area contributed by atoms with Crippen LogP contribution in [0.4, 0.5) is 0 Å². The second kappa shape index (κ2) is 13.4. The predicted octanol–water partition coefficient (Wildman–Crippen LogP) is 10.8. The van der Waals surface area contributed by atoms with Crippen LogP contribution in [0.2, 0.25) is 0 Å². The third kappa shape index (κ3) is 5.67. The number of phenolic OH excluding ortho intramolecular Hbond substituents is 2. The van der Waals surface area contributed by atoms with Gasteiger partial charge >= 0.3 is 0 Å². The zero-order valence-electron chi connectivity index (χ0n) is 31.7. The van der Waals surface area contributed by atoms with E-state index < -0.39 is 10.8 Å². The maximum absolute atomic E-state index is 12.3. The Morgan fingerprint density at radius 2 is 0.868 bits per heavy atom. The quantitative estimate of drug-likeness (QED) is 0.149. The molecule has 0 saturated heterocycles. The molecule has 0 saturated carbocycles. The highest BCUT2D eigenvalue weighted by atomic mass is 16.5. The van der Waals surface area contributed by atoms with Crippen molar-refractivity contribution in [3.8, 4) is 33.8 Å². The minimum atomic E-state index is -0.517. The molecule has 268 valence electrons. The van der Waals surface area contributed by atoms with E-state index in [-0.39, 0.29) is 6.10 Å². The van der Waals surface area contributed by atoms with Gasteiger partial charge in [-0.25, -0.2) is 0 Å². The van der Waals surface area contributed by atoms with E-state index >= 15 is 0 Å². The average Bonchev–Trinajstić information content (AvgIpc) is 3.57. The summed E-state index contributed by atoms with van der Waals surface area (Å²) in [4.78, 5) is 2.30. The molecule has 4 nitrogen and oxygen atoms in total. The molecule has 0 amide bonds. The summed E-state index contributed by atoms with van der Waals surface area (Å²) in [6.45, 7) is 15.0. The summed E-state index contributed by atoms with van der Waals surface area (Å²) in [5.74, 6) is 0.639. The van der Waals surface area contributed by atoms with Gasteiger partial charge in [0.1, 0.15) is 11.5 Å². The molecule has 2 aliphatic carbocycles. The summed E-state index contributed by atoms with van der Waals surface area (Å²) in [5.41, 5.74) is 14.4. The van der Waals surface area contributed by atoms with Gasteiger partial charge in [-0.3, -0.25) is 4.90 Å². The van der Waals surface area contributed by atoms with E-state index in [0.717, 1.165) is 33.4 Å². The minimum Gasteiger partial charge on any atom is -0.507 e. The fourth-order valence-electron chi connectivity index (χ4n) is 9.31. The first-order valence-electron chi connectivity index (χ1n) is 18.9. The largest absolute Gasteiger partial charge is 0.507 e.